The standard InChI is InChI=1S/C28H31NO6/c1-4-32-27(30)25(28(31)33-5-2)23-13-11-20-17-21(12-14-22(20)23)34-16-15-24-18(3)35-26(29-24)19-9-7-6-8-10-19/h6-10,12,14,17,23,25H,4-5,11,13,15-16H2,1-3H3. The molecule has 0 radical (unpaired) electrons. The van der Waals surface area contributed by atoms with Crippen molar-refractivity contribution in [1.29, 1.82) is 0 Å². The first kappa shape index (κ1) is 24.5. The summed E-state index contributed by atoms with van der Waals surface area (Å²) in [5, 5.41) is 0. The number of hydrogen-bond donors (Lipinski definition) is 0. The third kappa shape index (κ3) is 5.56. The summed E-state index contributed by atoms with van der Waals surface area (Å²) < 4.78 is 22.2. The van der Waals surface area contributed by atoms with Crippen molar-refractivity contribution in [3.63, 3.8) is 0 Å². The molecule has 1 aliphatic rings. The molecule has 0 fully saturated rings. The van der Waals surface area contributed by atoms with Gasteiger partial charge in [-0.15, -0.1) is 0 Å². The predicted octanol–water partition coefficient (Wildman–Crippen LogP) is 5.04. The molecule has 0 saturated carbocycles. The van der Waals surface area contributed by atoms with Gasteiger partial charge in [0.05, 0.1) is 25.5 Å². The van der Waals surface area contributed by atoms with Crippen molar-refractivity contribution < 1.29 is 28.2 Å². The highest BCUT2D eigenvalue weighted by Crippen LogP contribution is 2.41. The van der Waals surface area contributed by atoms with Crippen LogP contribution in [0.4, 0.5) is 0 Å². The number of ether oxygens (including phenoxy) is 3. The van der Waals surface area contributed by atoms with E-state index in [4.69, 9.17) is 18.6 Å². The second-order valence-electron chi connectivity index (χ2n) is 8.47. The van der Waals surface area contributed by atoms with Crippen LogP contribution < -0.4 is 4.74 Å². The smallest absolute Gasteiger partial charge is 0.320 e. The van der Waals surface area contributed by atoms with Gasteiger partial charge in [0.25, 0.3) is 0 Å². The van der Waals surface area contributed by atoms with Gasteiger partial charge in [-0.2, -0.15) is 0 Å². The van der Waals surface area contributed by atoms with Crippen LogP contribution >= 0.6 is 0 Å². The van der Waals surface area contributed by atoms with E-state index in [1.54, 1.807) is 13.8 Å². The van der Waals surface area contributed by atoms with Crippen molar-refractivity contribution in [1.82, 2.24) is 4.98 Å². The molecule has 1 heterocycles. The first-order chi connectivity index (χ1) is 17.0. The van der Waals surface area contributed by atoms with Gasteiger partial charge in [-0.25, -0.2) is 4.98 Å². The normalized spacial score (nSPS) is 14.6. The lowest BCUT2D eigenvalue weighted by Crippen LogP contribution is -2.32. The number of fused-ring (bicyclic) bond motifs is 1. The maximum Gasteiger partial charge on any atom is 0.320 e. The number of esters is 2. The van der Waals surface area contributed by atoms with Gasteiger partial charge in [0.15, 0.2) is 5.92 Å². The largest absolute Gasteiger partial charge is 0.493 e. The highest BCUT2D eigenvalue weighted by Gasteiger charge is 2.41. The lowest BCUT2D eigenvalue weighted by atomic mass is 9.87. The Kier molecular flexibility index (Phi) is 7.85. The molecule has 0 aliphatic heterocycles. The van der Waals surface area contributed by atoms with Gasteiger partial charge in [0.1, 0.15) is 11.5 Å². The number of rotatable bonds is 10. The van der Waals surface area contributed by atoms with Crippen LogP contribution in [0.1, 0.15) is 48.8 Å². The van der Waals surface area contributed by atoms with Gasteiger partial charge in [0, 0.05) is 17.9 Å². The first-order valence-electron chi connectivity index (χ1n) is 12.1. The molecule has 3 aromatic rings. The van der Waals surface area contributed by atoms with E-state index in [2.05, 4.69) is 4.98 Å². The molecule has 35 heavy (non-hydrogen) atoms. The van der Waals surface area contributed by atoms with E-state index in [0.717, 1.165) is 40.3 Å². The second kappa shape index (κ2) is 11.2. The van der Waals surface area contributed by atoms with Crippen LogP contribution in [-0.2, 0) is 31.9 Å². The van der Waals surface area contributed by atoms with E-state index < -0.39 is 17.9 Å². The fraction of sp³-hybridized carbons (Fsp3) is 0.393. The number of aryl methyl sites for hydroxylation is 2. The van der Waals surface area contributed by atoms with E-state index >= 15 is 0 Å². The van der Waals surface area contributed by atoms with E-state index in [-0.39, 0.29) is 19.1 Å². The Morgan fingerprint density at radius 1 is 1.06 bits per heavy atom. The Morgan fingerprint density at radius 2 is 1.77 bits per heavy atom. The highest BCUT2D eigenvalue weighted by atomic mass is 16.6. The summed E-state index contributed by atoms with van der Waals surface area (Å²) in [7, 11) is 0. The van der Waals surface area contributed by atoms with Crippen molar-refractivity contribution in [2.45, 2.75) is 46.0 Å². The Morgan fingerprint density at radius 3 is 2.46 bits per heavy atom. The van der Waals surface area contributed by atoms with E-state index in [0.29, 0.717) is 25.3 Å². The molecule has 1 aromatic heterocycles. The van der Waals surface area contributed by atoms with Crippen molar-refractivity contribution in [3.05, 3.63) is 71.1 Å². The van der Waals surface area contributed by atoms with Crippen LogP contribution in [0.5, 0.6) is 5.75 Å². The van der Waals surface area contributed by atoms with Crippen LogP contribution in [0.25, 0.3) is 11.5 Å². The van der Waals surface area contributed by atoms with Crippen molar-refractivity contribution in [2.24, 2.45) is 5.92 Å². The fourth-order valence-corrected chi connectivity index (χ4v) is 4.58. The maximum atomic E-state index is 12.6. The number of nitrogens with zero attached hydrogens (tertiary/aromatic N) is 1. The molecule has 0 saturated heterocycles. The quantitative estimate of drug-likeness (QED) is 0.298. The molecular weight excluding hydrogens is 446 g/mol. The molecule has 0 spiro atoms. The molecule has 1 aliphatic carbocycles. The zero-order valence-corrected chi connectivity index (χ0v) is 20.4. The summed E-state index contributed by atoms with van der Waals surface area (Å²) in [4.78, 5) is 29.7. The van der Waals surface area contributed by atoms with Gasteiger partial charge < -0.3 is 18.6 Å². The summed E-state index contributed by atoms with van der Waals surface area (Å²) in [6.45, 7) is 6.27. The summed E-state index contributed by atoms with van der Waals surface area (Å²) in [6, 6.07) is 15.6. The fourth-order valence-electron chi connectivity index (χ4n) is 4.58. The van der Waals surface area contributed by atoms with Gasteiger partial charge in [0.2, 0.25) is 5.89 Å². The summed E-state index contributed by atoms with van der Waals surface area (Å²) in [6.07, 6.45) is 2.06. The molecule has 0 bridgehead atoms. The molecule has 0 amide bonds. The summed E-state index contributed by atoms with van der Waals surface area (Å²) in [5.74, 6) is -0.113. The highest BCUT2D eigenvalue weighted by molar-refractivity contribution is 5.96. The zero-order chi connectivity index (χ0) is 24.8. The zero-order valence-electron chi connectivity index (χ0n) is 20.4. The first-order valence-corrected chi connectivity index (χ1v) is 12.1. The van der Waals surface area contributed by atoms with Crippen molar-refractivity contribution in [2.75, 3.05) is 19.8 Å². The van der Waals surface area contributed by atoms with E-state index in [9.17, 15) is 9.59 Å². The Bertz CT molecular complexity index is 1150. The van der Waals surface area contributed by atoms with Crippen LogP contribution in [0.15, 0.2) is 52.9 Å². The third-order valence-electron chi connectivity index (χ3n) is 6.24. The molecule has 1 unspecified atom stereocenters. The topological polar surface area (TPSA) is 87.9 Å². The molecular formula is C28H31NO6. The number of benzene rings is 2. The molecule has 7 nitrogen and oxygen atoms in total. The Labute approximate surface area is 205 Å². The van der Waals surface area contributed by atoms with E-state index in [1.165, 1.54) is 0 Å². The van der Waals surface area contributed by atoms with Crippen LogP contribution in [0.2, 0.25) is 0 Å². The lowest BCUT2D eigenvalue weighted by molar-refractivity contribution is -0.162. The average molecular weight is 478 g/mol. The number of hydrogen-bond acceptors (Lipinski definition) is 7. The summed E-state index contributed by atoms with van der Waals surface area (Å²) in [5.41, 5.74) is 3.87. The maximum absolute atomic E-state index is 12.6. The number of aromatic nitrogens is 1. The Hall–Kier alpha value is -3.61. The summed E-state index contributed by atoms with van der Waals surface area (Å²) >= 11 is 0. The third-order valence-corrected chi connectivity index (χ3v) is 6.24. The van der Waals surface area contributed by atoms with Gasteiger partial charge in [-0.3, -0.25) is 9.59 Å². The minimum atomic E-state index is -0.947. The molecule has 0 N–H and O–H groups in total. The van der Waals surface area contributed by atoms with Crippen molar-refractivity contribution in [3.8, 4) is 17.2 Å². The number of oxazole rings is 1. The predicted molar refractivity (Wildman–Crippen MR) is 130 cm³/mol. The van der Waals surface area contributed by atoms with Crippen LogP contribution in [0.3, 0.4) is 0 Å². The van der Waals surface area contributed by atoms with Crippen LogP contribution in [0, 0.1) is 12.8 Å². The molecule has 184 valence electrons. The molecule has 1 atom stereocenters. The number of carbonyl (C=O) groups is 2. The van der Waals surface area contributed by atoms with Crippen LogP contribution in [-0.4, -0.2) is 36.7 Å². The molecule has 7 heteroatoms. The second-order valence-corrected chi connectivity index (χ2v) is 8.47. The van der Waals surface area contributed by atoms with Gasteiger partial charge >= 0.3 is 11.9 Å². The van der Waals surface area contributed by atoms with Gasteiger partial charge in [-0.1, -0.05) is 24.3 Å². The minimum absolute atomic E-state index is 0.221. The lowest BCUT2D eigenvalue weighted by Gasteiger charge is -2.21. The van der Waals surface area contributed by atoms with Gasteiger partial charge in [-0.05, 0) is 69.0 Å². The average Bonchev–Trinajstić information content (AvgIpc) is 3.43. The van der Waals surface area contributed by atoms with Crippen molar-refractivity contribution >= 4 is 11.9 Å². The number of carbonyl (C=O) groups excluding carboxylic acids is 2. The SMILES string of the molecule is CCOC(=O)C(C(=O)OCC)C1CCc2cc(OCCc3nc(-c4ccccc4)oc3C)ccc21. The van der Waals surface area contributed by atoms with E-state index in [1.807, 2.05) is 55.5 Å². The Balaban J connectivity index is 1.41. The molecule has 4 rings (SSSR count). The minimum Gasteiger partial charge on any atom is -0.493 e. The molecule has 2 aromatic carbocycles. The monoisotopic (exact) mass is 477 g/mol.